The molecule has 128 valence electrons. The van der Waals surface area contributed by atoms with Gasteiger partial charge in [-0.3, -0.25) is 4.79 Å². The standard InChI is InChI=1S/C18H20N2O3.ClH/c19-16-5-1-2-6-17(16)20-18(21)13-7-9-14(10-8-13)23-12-15-4-3-11-22-15;/h1-2,5-10,15H,3-4,11-12,19H2,(H,20,21);1H. The van der Waals surface area contributed by atoms with E-state index in [1.807, 2.05) is 12.1 Å². The fourth-order valence-electron chi connectivity index (χ4n) is 2.47. The normalized spacial score (nSPS) is 16.2. The highest BCUT2D eigenvalue weighted by atomic mass is 35.5. The monoisotopic (exact) mass is 348 g/mol. The number of para-hydroxylation sites is 2. The van der Waals surface area contributed by atoms with Crippen LogP contribution >= 0.6 is 12.4 Å². The first-order chi connectivity index (χ1) is 11.2. The average Bonchev–Trinajstić information content (AvgIpc) is 3.09. The van der Waals surface area contributed by atoms with Crippen molar-refractivity contribution < 1.29 is 14.3 Å². The number of nitrogens with one attached hydrogen (secondary N) is 1. The van der Waals surface area contributed by atoms with E-state index in [0.717, 1.165) is 25.2 Å². The Labute approximate surface area is 147 Å². The van der Waals surface area contributed by atoms with Crippen LogP contribution in [0.25, 0.3) is 0 Å². The Kier molecular flexibility index (Phi) is 6.46. The van der Waals surface area contributed by atoms with Gasteiger partial charge in [0.15, 0.2) is 0 Å². The molecule has 5 nitrogen and oxygen atoms in total. The Hall–Kier alpha value is -2.24. The van der Waals surface area contributed by atoms with Crippen molar-refractivity contribution >= 4 is 29.7 Å². The molecule has 1 aliphatic rings. The van der Waals surface area contributed by atoms with Gasteiger partial charge in [-0.15, -0.1) is 12.4 Å². The van der Waals surface area contributed by atoms with Crippen molar-refractivity contribution in [3.05, 3.63) is 54.1 Å². The number of carbonyl (C=O) groups is 1. The van der Waals surface area contributed by atoms with Crippen LogP contribution in [0.2, 0.25) is 0 Å². The number of anilines is 2. The van der Waals surface area contributed by atoms with Gasteiger partial charge < -0.3 is 20.5 Å². The highest BCUT2D eigenvalue weighted by Crippen LogP contribution is 2.20. The van der Waals surface area contributed by atoms with Crippen molar-refractivity contribution in [3.8, 4) is 5.75 Å². The zero-order valence-electron chi connectivity index (χ0n) is 13.2. The molecule has 3 rings (SSSR count). The number of amides is 1. The van der Waals surface area contributed by atoms with Gasteiger partial charge in [0.25, 0.3) is 5.91 Å². The third kappa shape index (κ3) is 4.63. The first-order valence-electron chi connectivity index (χ1n) is 7.73. The molecule has 3 N–H and O–H groups in total. The van der Waals surface area contributed by atoms with Crippen molar-refractivity contribution in [1.29, 1.82) is 0 Å². The first-order valence-corrected chi connectivity index (χ1v) is 7.73. The van der Waals surface area contributed by atoms with E-state index in [2.05, 4.69) is 5.32 Å². The largest absolute Gasteiger partial charge is 0.491 e. The van der Waals surface area contributed by atoms with Gasteiger partial charge in [-0.1, -0.05) is 12.1 Å². The lowest BCUT2D eigenvalue weighted by atomic mass is 10.2. The van der Waals surface area contributed by atoms with Crippen LogP contribution in [0.4, 0.5) is 11.4 Å². The number of halogens is 1. The average molecular weight is 349 g/mol. The third-order valence-electron chi connectivity index (χ3n) is 3.79. The summed E-state index contributed by atoms with van der Waals surface area (Å²) >= 11 is 0. The maximum atomic E-state index is 12.2. The molecule has 1 amide bonds. The quantitative estimate of drug-likeness (QED) is 0.811. The van der Waals surface area contributed by atoms with E-state index in [9.17, 15) is 4.79 Å². The Balaban J connectivity index is 0.00000208. The van der Waals surface area contributed by atoms with Crippen LogP contribution in [0.15, 0.2) is 48.5 Å². The van der Waals surface area contributed by atoms with Gasteiger partial charge in [0, 0.05) is 12.2 Å². The van der Waals surface area contributed by atoms with Crippen molar-refractivity contribution in [1.82, 2.24) is 0 Å². The van der Waals surface area contributed by atoms with Crippen molar-refractivity contribution in [2.75, 3.05) is 24.3 Å². The summed E-state index contributed by atoms with van der Waals surface area (Å²) in [5.74, 6) is 0.532. The molecule has 1 saturated heterocycles. The van der Waals surface area contributed by atoms with E-state index in [1.165, 1.54) is 0 Å². The molecule has 2 aromatic rings. The number of hydrogen-bond donors (Lipinski definition) is 2. The second-order valence-corrected chi connectivity index (χ2v) is 5.51. The number of ether oxygens (including phenoxy) is 2. The van der Waals surface area contributed by atoms with Crippen LogP contribution in [-0.4, -0.2) is 25.2 Å². The molecule has 1 aliphatic heterocycles. The molecule has 0 saturated carbocycles. The smallest absolute Gasteiger partial charge is 0.255 e. The van der Waals surface area contributed by atoms with Crippen LogP contribution in [0.3, 0.4) is 0 Å². The van der Waals surface area contributed by atoms with Gasteiger partial charge in [-0.05, 0) is 49.2 Å². The number of rotatable bonds is 5. The van der Waals surface area contributed by atoms with Gasteiger partial charge in [0.2, 0.25) is 0 Å². The minimum Gasteiger partial charge on any atom is -0.491 e. The van der Waals surface area contributed by atoms with E-state index in [0.29, 0.717) is 23.5 Å². The lowest BCUT2D eigenvalue weighted by Crippen LogP contribution is -2.16. The lowest BCUT2D eigenvalue weighted by Gasteiger charge is -2.12. The summed E-state index contributed by atoms with van der Waals surface area (Å²) in [6.45, 7) is 1.36. The minimum absolute atomic E-state index is 0. The summed E-state index contributed by atoms with van der Waals surface area (Å²) < 4.78 is 11.2. The van der Waals surface area contributed by atoms with Crippen LogP contribution < -0.4 is 15.8 Å². The molecule has 0 aliphatic carbocycles. The van der Waals surface area contributed by atoms with Crippen molar-refractivity contribution in [2.45, 2.75) is 18.9 Å². The summed E-state index contributed by atoms with van der Waals surface area (Å²) in [4.78, 5) is 12.2. The fourth-order valence-corrected chi connectivity index (χ4v) is 2.47. The Morgan fingerprint density at radius 1 is 1.21 bits per heavy atom. The van der Waals surface area contributed by atoms with Gasteiger partial charge in [0.05, 0.1) is 17.5 Å². The lowest BCUT2D eigenvalue weighted by molar-refractivity contribution is 0.0679. The molecular weight excluding hydrogens is 328 g/mol. The van der Waals surface area contributed by atoms with Gasteiger partial charge in [-0.2, -0.15) is 0 Å². The Bertz CT molecular complexity index is 670. The first kappa shape index (κ1) is 18.1. The Morgan fingerprint density at radius 2 is 1.96 bits per heavy atom. The summed E-state index contributed by atoms with van der Waals surface area (Å²) in [6, 6.07) is 14.2. The molecule has 0 bridgehead atoms. The summed E-state index contributed by atoms with van der Waals surface area (Å²) in [7, 11) is 0. The Morgan fingerprint density at radius 3 is 2.62 bits per heavy atom. The van der Waals surface area contributed by atoms with Crippen LogP contribution in [-0.2, 0) is 4.74 Å². The number of nitrogen functional groups attached to an aromatic ring is 1. The fraction of sp³-hybridized carbons (Fsp3) is 0.278. The van der Waals surface area contributed by atoms with E-state index >= 15 is 0 Å². The molecule has 1 heterocycles. The maximum Gasteiger partial charge on any atom is 0.255 e. The molecule has 2 aromatic carbocycles. The molecule has 1 atom stereocenters. The molecule has 0 radical (unpaired) electrons. The van der Waals surface area contributed by atoms with Gasteiger partial charge >= 0.3 is 0 Å². The number of hydrogen-bond acceptors (Lipinski definition) is 4. The summed E-state index contributed by atoms with van der Waals surface area (Å²) in [5, 5.41) is 2.80. The molecule has 0 spiro atoms. The summed E-state index contributed by atoms with van der Waals surface area (Å²) in [5.41, 5.74) is 7.52. The van der Waals surface area contributed by atoms with Crippen LogP contribution in [0.5, 0.6) is 5.75 Å². The van der Waals surface area contributed by atoms with Crippen molar-refractivity contribution in [2.24, 2.45) is 0 Å². The van der Waals surface area contributed by atoms with E-state index < -0.39 is 0 Å². The zero-order chi connectivity index (χ0) is 16.1. The number of nitrogens with two attached hydrogens (primary N) is 1. The van der Waals surface area contributed by atoms with Gasteiger partial charge in [-0.25, -0.2) is 0 Å². The predicted octanol–water partition coefficient (Wildman–Crippen LogP) is 3.50. The molecular formula is C18H21ClN2O3. The number of carbonyl (C=O) groups excluding carboxylic acids is 1. The van der Waals surface area contributed by atoms with Gasteiger partial charge in [0.1, 0.15) is 12.4 Å². The molecule has 0 aromatic heterocycles. The second kappa shape index (κ2) is 8.57. The topological polar surface area (TPSA) is 73.6 Å². The molecule has 24 heavy (non-hydrogen) atoms. The van der Waals surface area contributed by atoms with E-state index in [-0.39, 0.29) is 24.4 Å². The van der Waals surface area contributed by atoms with Crippen LogP contribution in [0.1, 0.15) is 23.2 Å². The van der Waals surface area contributed by atoms with Crippen molar-refractivity contribution in [3.63, 3.8) is 0 Å². The van der Waals surface area contributed by atoms with Crippen LogP contribution in [0, 0.1) is 0 Å². The minimum atomic E-state index is -0.200. The second-order valence-electron chi connectivity index (χ2n) is 5.51. The maximum absolute atomic E-state index is 12.2. The molecule has 1 fully saturated rings. The summed E-state index contributed by atoms with van der Waals surface area (Å²) in [6.07, 6.45) is 2.31. The van der Waals surface area contributed by atoms with E-state index in [1.54, 1.807) is 36.4 Å². The van der Waals surface area contributed by atoms with E-state index in [4.69, 9.17) is 15.2 Å². The predicted molar refractivity (Wildman–Crippen MR) is 97.0 cm³/mol. The third-order valence-corrected chi connectivity index (χ3v) is 3.79. The molecule has 6 heteroatoms. The number of benzene rings is 2. The SMILES string of the molecule is Cl.Nc1ccccc1NC(=O)c1ccc(OCC2CCCO2)cc1. The highest BCUT2D eigenvalue weighted by molar-refractivity contribution is 6.05. The highest BCUT2D eigenvalue weighted by Gasteiger charge is 2.16. The molecule has 1 unspecified atom stereocenters. The zero-order valence-corrected chi connectivity index (χ0v) is 14.1.